The summed E-state index contributed by atoms with van der Waals surface area (Å²) in [7, 11) is 3.60. The second kappa shape index (κ2) is 7.64. The molecule has 0 atom stereocenters. The van der Waals surface area contributed by atoms with Gasteiger partial charge in [0.2, 0.25) is 0 Å². The molecule has 9 nitrogen and oxygen atoms in total. The Hall–Kier alpha value is -3.07. The number of nitrogens with zero attached hydrogens (tertiary/aromatic N) is 5. The Kier molecular flexibility index (Phi) is 4.82. The van der Waals surface area contributed by atoms with Crippen LogP contribution in [-0.4, -0.2) is 76.2 Å². The van der Waals surface area contributed by atoms with Gasteiger partial charge in [-0.05, 0) is 12.1 Å². The van der Waals surface area contributed by atoms with Crippen molar-refractivity contribution >= 4 is 22.8 Å². The highest BCUT2D eigenvalue weighted by molar-refractivity contribution is 5.93. The first-order chi connectivity index (χ1) is 14.6. The second-order valence-electron chi connectivity index (χ2n) is 7.99. The molecule has 158 valence electrons. The molecule has 1 aliphatic carbocycles. The van der Waals surface area contributed by atoms with Crippen LogP contribution in [0.25, 0.3) is 22.3 Å². The molecule has 2 aliphatic rings. The number of methoxy groups -OCH3 is 1. The van der Waals surface area contributed by atoms with Gasteiger partial charge in [0, 0.05) is 82.2 Å². The van der Waals surface area contributed by atoms with Crippen molar-refractivity contribution in [3.05, 3.63) is 30.7 Å². The SMILES string of the molecule is COC1CC(OC(=O)N2CCN(c3ccnc4[nH]c(-c5cnn(C)c5)cc34)CC2)C1. The van der Waals surface area contributed by atoms with Gasteiger partial charge in [0.25, 0.3) is 0 Å². The van der Waals surface area contributed by atoms with Crippen LogP contribution in [0.2, 0.25) is 0 Å². The van der Waals surface area contributed by atoms with Crippen molar-refractivity contribution in [2.45, 2.75) is 25.0 Å². The predicted octanol–water partition coefficient (Wildman–Crippen LogP) is 2.40. The lowest BCUT2D eigenvalue weighted by atomic mass is 9.92. The Balaban J connectivity index is 1.26. The van der Waals surface area contributed by atoms with Gasteiger partial charge in [-0.2, -0.15) is 5.10 Å². The molecule has 1 aliphatic heterocycles. The number of amides is 1. The van der Waals surface area contributed by atoms with Gasteiger partial charge < -0.3 is 24.3 Å². The molecule has 30 heavy (non-hydrogen) atoms. The van der Waals surface area contributed by atoms with E-state index in [0.717, 1.165) is 53.9 Å². The summed E-state index contributed by atoms with van der Waals surface area (Å²) in [6.07, 6.45) is 7.24. The first kappa shape index (κ1) is 18.9. The molecule has 1 amide bonds. The van der Waals surface area contributed by atoms with Crippen molar-refractivity contribution in [2.24, 2.45) is 7.05 Å². The van der Waals surface area contributed by atoms with Gasteiger partial charge in [-0.25, -0.2) is 9.78 Å². The quantitative estimate of drug-likeness (QED) is 0.711. The molecule has 4 heterocycles. The number of fused-ring (bicyclic) bond motifs is 1. The van der Waals surface area contributed by atoms with Crippen LogP contribution in [0.4, 0.5) is 10.5 Å². The zero-order chi connectivity index (χ0) is 20.7. The zero-order valence-electron chi connectivity index (χ0n) is 17.2. The summed E-state index contributed by atoms with van der Waals surface area (Å²) in [4.78, 5) is 24.4. The number of rotatable bonds is 4. The Labute approximate surface area is 174 Å². The molecule has 1 N–H and O–H groups in total. The molecular weight excluding hydrogens is 384 g/mol. The smallest absolute Gasteiger partial charge is 0.410 e. The van der Waals surface area contributed by atoms with Crippen molar-refractivity contribution in [3.8, 4) is 11.3 Å². The van der Waals surface area contributed by atoms with Crippen LogP contribution in [0.3, 0.4) is 0 Å². The summed E-state index contributed by atoms with van der Waals surface area (Å²) in [6, 6.07) is 4.16. The molecule has 9 heteroatoms. The number of ether oxygens (including phenoxy) is 2. The van der Waals surface area contributed by atoms with Gasteiger partial charge in [-0.3, -0.25) is 4.68 Å². The highest BCUT2D eigenvalue weighted by atomic mass is 16.6. The minimum Gasteiger partial charge on any atom is -0.446 e. The van der Waals surface area contributed by atoms with E-state index in [0.29, 0.717) is 13.1 Å². The number of hydrogen-bond donors (Lipinski definition) is 1. The molecule has 0 bridgehead atoms. The number of carbonyl (C=O) groups is 1. The minimum atomic E-state index is -0.213. The number of aromatic amines is 1. The zero-order valence-corrected chi connectivity index (χ0v) is 17.2. The Morgan fingerprint density at radius 2 is 2.00 bits per heavy atom. The van der Waals surface area contributed by atoms with E-state index in [1.807, 2.05) is 31.7 Å². The van der Waals surface area contributed by atoms with Crippen LogP contribution in [0, 0.1) is 0 Å². The van der Waals surface area contributed by atoms with Crippen molar-refractivity contribution in [2.75, 3.05) is 38.2 Å². The summed E-state index contributed by atoms with van der Waals surface area (Å²) in [5.74, 6) is 0. The first-order valence-corrected chi connectivity index (χ1v) is 10.3. The lowest BCUT2D eigenvalue weighted by Gasteiger charge is -2.38. The summed E-state index contributed by atoms with van der Waals surface area (Å²) in [5, 5.41) is 5.33. The molecule has 0 spiro atoms. The number of hydrogen-bond acceptors (Lipinski definition) is 6. The van der Waals surface area contributed by atoms with Crippen LogP contribution >= 0.6 is 0 Å². The van der Waals surface area contributed by atoms with E-state index < -0.39 is 0 Å². The number of carbonyl (C=O) groups excluding carboxylic acids is 1. The molecule has 3 aromatic rings. The summed E-state index contributed by atoms with van der Waals surface area (Å²) in [5.41, 5.74) is 4.00. The van der Waals surface area contributed by atoms with Crippen LogP contribution in [0.1, 0.15) is 12.8 Å². The maximum Gasteiger partial charge on any atom is 0.410 e. The Bertz CT molecular complexity index is 1050. The van der Waals surface area contributed by atoms with Crippen molar-refractivity contribution in [3.63, 3.8) is 0 Å². The summed E-state index contributed by atoms with van der Waals surface area (Å²) in [6.45, 7) is 2.80. The topological polar surface area (TPSA) is 88.5 Å². The average molecular weight is 410 g/mol. The third-order valence-corrected chi connectivity index (χ3v) is 6.06. The molecule has 2 fully saturated rings. The average Bonchev–Trinajstić information content (AvgIpc) is 3.36. The monoisotopic (exact) mass is 410 g/mol. The first-order valence-electron chi connectivity index (χ1n) is 10.3. The number of aromatic nitrogens is 4. The highest BCUT2D eigenvalue weighted by Crippen LogP contribution is 2.31. The molecule has 0 aromatic carbocycles. The third-order valence-electron chi connectivity index (χ3n) is 6.06. The van der Waals surface area contributed by atoms with Gasteiger partial charge in [-0.15, -0.1) is 0 Å². The number of nitrogens with one attached hydrogen (secondary N) is 1. The molecule has 5 rings (SSSR count). The predicted molar refractivity (Wildman–Crippen MR) is 112 cm³/mol. The van der Waals surface area contributed by atoms with Crippen LogP contribution < -0.4 is 4.90 Å². The van der Waals surface area contributed by atoms with Gasteiger partial charge in [0.05, 0.1) is 18.0 Å². The number of anilines is 1. The lowest BCUT2D eigenvalue weighted by molar-refractivity contribution is -0.0639. The lowest BCUT2D eigenvalue weighted by Crippen LogP contribution is -2.50. The number of H-pyrrole nitrogens is 1. The van der Waals surface area contributed by atoms with Crippen molar-refractivity contribution < 1.29 is 14.3 Å². The molecular formula is C21H26N6O3. The highest BCUT2D eigenvalue weighted by Gasteiger charge is 2.34. The number of aryl methyl sites for hydroxylation is 1. The van der Waals surface area contributed by atoms with E-state index in [4.69, 9.17) is 9.47 Å². The number of pyridine rings is 1. The molecule has 3 aromatic heterocycles. The van der Waals surface area contributed by atoms with Gasteiger partial charge >= 0.3 is 6.09 Å². The molecule has 1 saturated carbocycles. The maximum absolute atomic E-state index is 12.4. The number of piperazine rings is 1. The van der Waals surface area contributed by atoms with Crippen molar-refractivity contribution in [1.29, 1.82) is 0 Å². The summed E-state index contributed by atoms with van der Waals surface area (Å²) < 4.78 is 12.6. The van der Waals surface area contributed by atoms with Crippen LogP contribution in [-0.2, 0) is 16.5 Å². The summed E-state index contributed by atoms with van der Waals surface area (Å²) >= 11 is 0. The van der Waals surface area contributed by atoms with Gasteiger partial charge in [0.15, 0.2) is 0 Å². The second-order valence-corrected chi connectivity index (χ2v) is 7.99. The fourth-order valence-corrected chi connectivity index (χ4v) is 4.16. The molecule has 1 saturated heterocycles. The van der Waals surface area contributed by atoms with Crippen molar-refractivity contribution in [1.82, 2.24) is 24.6 Å². The van der Waals surface area contributed by atoms with Crippen LogP contribution in [0.15, 0.2) is 30.7 Å². The molecule has 0 radical (unpaired) electrons. The standard InChI is InChI=1S/C21H26N6O3/c1-25-13-14(12-23-25)18-11-17-19(3-4-22-20(17)24-18)26-5-7-27(8-6-26)21(28)30-16-9-15(10-16)29-2/h3-4,11-13,15-16H,5-10H2,1-2H3,(H,22,24). The van der Waals surface area contributed by atoms with E-state index in [2.05, 4.69) is 26.0 Å². The fourth-order valence-electron chi connectivity index (χ4n) is 4.16. The van der Waals surface area contributed by atoms with Gasteiger partial charge in [0.1, 0.15) is 11.8 Å². The van der Waals surface area contributed by atoms with Crippen LogP contribution in [0.5, 0.6) is 0 Å². The van der Waals surface area contributed by atoms with E-state index in [9.17, 15) is 4.79 Å². The Morgan fingerprint density at radius 3 is 2.70 bits per heavy atom. The van der Waals surface area contributed by atoms with Gasteiger partial charge in [-0.1, -0.05) is 0 Å². The third kappa shape index (κ3) is 3.49. The Morgan fingerprint density at radius 1 is 1.20 bits per heavy atom. The minimum absolute atomic E-state index is 0.00828. The van der Waals surface area contributed by atoms with E-state index in [1.54, 1.807) is 16.7 Å². The van der Waals surface area contributed by atoms with E-state index >= 15 is 0 Å². The fraction of sp³-hybridized carbons (Fsp3) is 0.476. The maximum atomic E-state index is 12.4. The van der Waals surface area contributed by atoms with E-state index in [-0.39, 0.29) is 18.3 Å². The normalized spacial score (nSPS) is 21.7. The van der Waals surface area contributed by atoms with E-state index in [1.165, 1.54) is 0 Å². The molecule has 0 unspecified atom stereocenters. The largest absolute Gasteiger partial charge is 0.446 e.